The van der Waals surface area contributed by atoms with Crippen LogP contribution in [0.3, 0.4) is 0 Å². The maximum absolute atomic E-state index is 15.4. The molecule has 0 bridgehead atoms. The van der Waals surface area contributed by atoms with E-state index in [-0.39, 0.29) is 35.5 Å². The van der Waals surface area contributed by atoms with Gasteiger partial charge in [0.2, 0.25) is 11.6 Å². The summed E-state index contributed by atoms with van der Waals surface area (Å²) in [6.07, 6.45) is 1.66. The summed E-state index contributed by atoms with van der Waals surface area (Å²) < 4.78 is 30.3. The Bertz CT molecular complexity index is 1180. The molecule has 3 aliphatic rings. The van der Waals surface area contributed by atoms with E-state index in [0.29, 0.717) is 26.2 Å². The molecule has 6 N–H and O–H groups in total. The molecular weight excluding hydrogens is 478 g/mol. The van der Waals surface area contributed by atoms with E-state index in [0.717, 1.165) is 25.0 Å². The molecule has 0 spiro atoms. The molecule has 0 aromatic heterocycles. The zero-order chi connectivity index (χ0) is 25.8. The highest BCUT2D eigenvalue weighted by Gasteiger charge is 2.42. The van der Waals surface area contributed by atoms with Crippen LogP contribution >= 0.6 is 0 Å². The molecule has 0 unspecified atom stereocenters. The monoisotopic (exact) mass is 506 g/mol. The minimum atomic E-state index is -1.40. The molecular formula is C24H28F2N4O6+2. The number of hydrogen-bond donors (Lipinski definition) is 6. The van der Waals surface area contributed by atoms with E-state index in [1.54, 1.807) is 0 Å². The van der Waals surface area contributed by atoms with Gasteiger partial charge in [0.25, 0.3) is 0 Å². The average Bonchev–Trinajstić information content (AvgIpc) is 2.80. The third-order valence-corrected chi connectivity index (χ3v) is 7.41. The fourth-order valence-corrected chi connectivity index (χ4v) is 5.04. The molecule has 5 rings (SSSR count). The van der Waals surface area contributed by atoms with Crippen molar-refractivity contribution in [3.63, 3.8) is 0 Å². The van der Waals surface area contributed by atoms with Crippen molar-refractivity contribution in [3.8, 4) is 11.5 Å². The lowest BCUT2D eigenvalue weighted by molar-refractivity contribution is -1.13. The second-order valence-electron chi connectivity index (χ2n) is 9.73. The summed E-state index contributed by atoms with van der Waals surface area (Å²) in [6.45, 7) is 2.36. The number of phenols is 2. The third-order valence-electron chi connectivity index (χ3n) is 7.41. The van der Waals surface area contributed by atoms with E-state index in [2.05, 4.69) is 10.6 Å². The lowest BCUT2D eigenvalue weighted by Crippen LogP contribution is -2.57. The van der Waals surface area contributed by atoms with Gasteiger partial charge in [-0.2, -0.15) is 9.29 Å². The Morgan fingerprint density at radius 3 is 1.36 bits per heavy atom. The normalized spacial score (nSPS) is 19.1. The van der Waals surface area contributed by atoms with Gasteiger partial charge in [-0.15, -0.1) is 0 Å². The van der Waals surface area contributed by atoms with Crippen molar-refractivity contribution in [2.45, 2.75) is 12.8 Å². The summed E-state index contributed by atoms with van der Waals surface area (Å²) >= 11 is 0. The van der Waals surface area contributed by atoms with Gasteiger partial charge in [-0.05, 0) is 12.1 Å². The van der Waals surface area contributed by atoms with Crippen LogP contribution in [0.25, 0.3) is 0 Å². The molecule has 2 fully saturated rings. The van der Waals surface area contributed by atoms with Crippen LogP contribution in [-0.4, -0.2) is 93.8 Å². The van der Waals surface area contributed by atoms with E-state index in [4.69, 9.17) is 0 Å². The number of rotatable bonds is 8. The molecule has 2 heterocycles. The van der Waals surface area contributed by atoms with Crippen molar-refractivity contribution < 1.29 is 48.3 Å². The Hall–Kier alpha value is -3.32. The van der Waals surface area contributed by atoms with Crippen molar-refractivity contribution in [2.24, 2.45) is 0 Å². The maximum Gasteiger partial charge on any atom is 0.200 e. The number of fused-ring (bicyclic) bond motifs is 2. The van der Waals surface area contributed by atoms with Crippen LogP contribution < -0.4 is 10.6 Å². The first-order valence-corrected chi connectivity index (χ1v) is 11.9. The number of phenolic OH excluding ortho intramolecular Hbond substituents is 2. The summed E-state index contributed by atoms with van der Waals surface area (Å²) in [5, 5.41) is 46.5. The van der Waals surface area contributed by atoms with Gasteiger partial charge >= 0.3 is 0 Å². The minimum absolute atomic E-state index is 0.0169. The molecule has 0 amide bonds. The number of carbonyl (C=O) groups excluding carboxylic acids is 2. The van der Waals surface area contributed by atoms with E-state index >= 15 is 8.78 Å². The van der Waals surface area contributed by atoms with E-state index < -0.39 is 68.3 Å². The molecule has 1 aliphatic carbocycles. The van der Waals surface area contributed by atoms with Crippen LogP contribution in [0.5, 0.6) is 11.5 Å². The second kappa shape index (κ2) is 8.66. The fourth-order valence-electron chi connectivity index (χ4n) is 5.04. The highest BCUT2D eigenvalue weighted by molar-refractivity contribution is 6.33. The van der Waals surface area contributed by atoms with Crippen molar-refractivity contribution in [1.82, 2.24) is 0 Å². The summed E-state index contributed by atoms with van der Waals surface area (Å²) in [6, 6.07) is 2.08. The molecule has 0 atom stereocenters. The van der Waals surface area contributed by atoms with Gasteiger partial charge in [0.15, 0.2) is 11.6 Å². The standard InChI is InChI=1S/C24H26F2N4O6/c25-19-20(26)22(28-6-12-30(36)9-2-10-30)18-17(21(19)27-5-11-29(35)7-1-8-29)23(33)15-13(31)3-4-14(32)16(15)24(18)34/h3-4,35-36H,1-2,5-12H2,(H2-2,27,28,31,32,33,34)/p+2. The van der Waals surface area contributed by atoms with Crippen molar-refractivity contribution in [3.05, 3.63) is 46.0 Å². The molecule has 2 saturated heterocycles. The summed E-state index contributed by atoms with van der Waals surface area (Å²) in [5.74, 6) is -5.87. The zero-order valence-corrected chi connectivity index (χ0v) is 19.5. The van der Waals surface area contributed by atoms with Gasteiger partial charge in [0.1, 0.15) is 50.8 Å². The highest BCUT2D eigenvalue weighted by Crippen LogP contribution is 2.44. The predicted octanol–water partition coefficient (Wildman–Crippen LogP) is 2.19. The molecule has 10 nitrogen and oxygen atoms in total. The summed E-state index contributed by atoms with van der Waals surface area (Å²) in [4.78, 5) is 27.0. The SMILES string of the molecule is O=C1c2c(O)ccc(O)c2C(=O)c2c(NCC[N+]3(O)CCC3)c(F)c(F)c(NCC[N+]3(O)CCC3)c21. The molecule has 192 valence electrons. The Morgan fingerprint density at radius 2 is 1.06 bits per heavy atom. The Kier molecular flexibility index (Phi) is 5.86. The van der Waals surface area contributed by atoms with Gasteiger partial charge in [0.05, 0.1) is 59.6 Å². The first kappa shape index (κ1) is 24.4. The average molecular weight is 507 g/mol. The molecule has 2 aromatic carbocycles. The number of ketones is 2. The fraction of sp³-hybridized carbons (Fsp3) is 0.417. The molecule has 0 saturated carbocycles. The molecule has 0 radical (unpaired) electrons. The predicted molar refractivity (Wildman–Crippen MR) is 123 cm³/mol. The minimum Gasteiger partial charge on any atom is -0.507 e. The Balaban J connectivity index is 1.58. The van der Waals surface area contributed by atoms with Gasteiger partial charge in [-0.3, -0.25) is 9.59 Å². The van der Waals surface area contributed by atoms with Crippen LogP contribution in [-0.2, 0) is 0 Å². The van der Waals surface area contributed by atoms with Crippen LogP contribution in [0.4, 0.5) is 20.2 Å². The van der Waals surface area contributed by atoms with Crippen molar-refractivity contribution in [2.75, 3.05) is 63.0 Å². The van der Waals surface area contributed by atoms with Gasteiger partial charge in [-0.25, -0.2) is 19.2 Å². The number of halogens is 2. The van der Waals surface area contributed by atoms with Crippen molar-refractivity contribution >= 4 is 22.9 Å². The van der Waals surface area contributed by atoms with Gasteiger partial charge in [0, 0.05) is 0 Å². The number of carbonyl (C=O) groups is 2. The van der Waals surface area contributed by atoms with Crippen LogP contribution in [0, 0.1) is 11.6 Å². The van der Waals surface area contributed by atoms with Crippen LogP contribution in [0.1, 0.15) is 44.7 Å². The lowest BCUT2D eigenvalue weighted by atomic mass is 9.81. The van der Waals surface area contributed by atoms with Gasteiger partial charge < -0.3 is 20.8 Å². The molecule has 2 aromatic rings. The van der Waals surface area contributed by atoms with Gasteiger partial charge in [-0.1, -0.05) is 0 Å². The lowest BCUT2D eigenvalue weighted by Gasteiger charge is -2.37. The molecule has 12 heteroatoms. The van der Waals surface area contributed by atoms with Crippen molar-refractivity contribution in [1.29, 1.82) is 0 Å². The number of anilines is 2. The summed E-state index contributed by atoms with van der Waals surface area (Å²) in [7, 11) is 0. The largest absolute Gasteiger partial charge is 0.507 e. The second-order valence-corrected chi connectivity index (χ2v) is 9.73. The molecule has 2 aliphatic heterocycles. The van der Waals surface area contributed by atoms with E-state index in [1.807, 2.05) is 0 Å². The number of nitrogens with zero attached hydrogens (tertiary/aromatic N) is 2. The number of nitrogens with one attached hydrogen (secondary N) is 2. The Labute approximate surface area is 205 Å². The first-order chi connectivity index (χ1) is 17.1. The maximum atomic E-state index is 15.4. The van der Waals surface area contributed by atoms with Crippen LogP contribution in [0.15, 0.2) is 12.1 Å². The quantitative estimate of drug-likeness (QED) is 0.202. The number of benzene rings is 2. The van der Waals surface area contributed by atoms with Crippen LogP contribution in [0.2, 0.25) is 0 Å². The number of quaternary nitrogens is 2. The number of likely N-dealkylation sites (tertiary alicyclic amines) is 2. The highest BCUT2D eigenvalue weighted by atomic mass is 19.2. The third kappa shape index (κ3) is 3.86. The van der Waals surface area contributed by atoms with E-state index in [1.165, 1.54) is 0 Å². The molecule has 36 heavy (non-hydrogen) atoms. The summed E-state index contributed by atoms with van der Waals surface area (Å²) in [5.41, 5.74) is -3.05. The Morgan fingerprint density at radius 1 is 0.694 bits per heavy atom. The first-order valence-electron chi connectivity index (χ1n) is 11.9. The smallest absolute Gasteiger partial charge is 0.200 e. The topological polar surface area (TPSA) is 139 Å². The zero-order valence-electron chi connectivity index (χ0n) is 19.5. The van der Waals surface area contributed by atoms with E-state index in [9.17, 15) is 30.2 Å². The number of hydroxylamine groups is 6. The number of hydrogen-bond acceptors (Lipinski definition) is 8. The number of aromatic hydroxyl groups is 2.